The van der Waals surface area contributed by atoms with E-state index in [1.54, 1.807) is 24.5 Å². The number of furan rings is 1. The molecule has 0 fully saturated rings. The lowest BCUT2D eigenvalue weighted by Crippen LogP contribution is -2.30. The Balaban J connectivity index is 1.77. The number of nitrogens with zero attached hydrogens (tertiary/aromatic N) is 1. The summed E-state index contributed by atoms with van der Waals surface area (Å²) in [5, 5.41) is 0.432. The summed E-state index contributed by atoms with van der Waals surface area (Å²) in [6.45, 7) is 1.86. The largest absolute Gasteiger partial charge is 0.464 e. The van der Waals surface area contributed by atoms with E-state index in [2.05, 4.69) is 0 Å². The third-order valence-corrected chi connectivity index (χ3v) is 4.33. The van der Waals surface area contributed by atoms with E-state index >= 15 is 0 Å². The Morgan fingerprint density at radius 3 is 2.46 bits per heavy atom. The second-order valence-corrected chi connectivity index (χ2v) is 6.05. The zero-order valence-corrected chi connectivity index (χ0v) is 13.5. The van der Waals surface area contributed by atoms with E-state index in [1.165, 1.54) is 11.0 Å². The molecule has 2 aromatic carbocycles. The molecule has 0 saturated carbocycles. The summed E-state index contributed by atoms with van der Waals surface area (Å²) in [4.78, 5) is 26.5. The average Bonchev–Trinajstić information content (AvgIpc) is 3.17. The minimum absolute atomic E-state index is 0.333. The van der Waals surface area contributed by atoms with Crippen LogP contribution >= 0.6 is 11.6 Å². The molecule has 0 spiro atoms. The van der Waals surface area contributed by atoms with Crippen molar-refractivity contribution in [3.8, 4) is 11.3 Å². The fraction of sp³-hybridized carbons (Fsp3) is 0.0526. The first-order chi connectivity index (χ1) is 11.6. The minimum atomic E-state index is -0.355. The van der Waals surface area contributed by atoms with Gasteiger partial charge in [0.25, 0.3) is 11.8 Å². The fourth-order valence-corrected chi connectivity index (χ4v) is 3.11. The zero-order valence-electron chi connectivity index (χ0n) is 12.7. The van der Waals surface area contributed by atoms with Crippen molar-refractivity contribution in [1.29, 1.82) is 0 Å². The van der Waals surface area contributed by atoms with Gasteiger partial charge in [-0.15, -0.1) is 0 Å². The van der Waals surface area contributed by atoms with Crippen molar-refractivity contribution in [3.63, 3.8) is 0 Å². The molecular weight excluding hydrogens is 326 g/mol. The summed E-state index contributed by atoms with van der Waals surface area (Å²) in [6, 6.07) is 13.9. The normalized spacial score (nSPS) is 13.5. The summed E-state index contributed by atoms with van der Waals surface area (Å²) in [5.41, 5.74) is 2.97. The van der Waals surface area contributed by atoms with Gasteiger partial charge >= 0.3 is 0 Å². The first-order valence-corrected chi connectivity index (χ1v) is 7.77. The number of halogens is 1. The first kappa shape index (κ1) is 14.7. The average molecular weight is 338 g/mol. The Labute approximate surface area is 143 Å². The van der Waals surface area contributed by atoms with Crippen molar-refractivity contribution in [3.05, 3.63) is 76.5 Å². The lowest BCUT2D eigenvalue weighted by atomic mass is 10.1. The van der Waals surface area contributed by atoms with E-state index in [0.29, 0.717) is 21.8 Å². The Hall–Kier alpha value is -2.85. The molecule has 118 valence electrons. The van der Waals surface area contributed by atoms with Gasteiger partial charge in [-0.1, -0.05) is 11.6 Å². The van der Waals surface area contributed by atoms with Crippen molar-refractivity contribution >= 4 is 29.1 Å². The van der Waals surface area contributed by atoms with Crippen molar-refractivity contribution in [2.75, 3.05) is 4.90 Å². The topological polar surface area (TPSA) is 50.5 Å². The predicted octanol–water partition coefficient (Wildman–Crippen LogP) is 4.71. The maximum Gasteiger partial charge on any atom is 0.266 e. The summed E-state index contributed by atoms with van der Waals surface area (Å²) in [6.07, 6.45) is 1.60. The van der Waals surface area contributed by atoms with E-state index in [4.69, 9.17) is 16.0 Å². The van der Waals surface area contributed by atoms with Gasteiger partial charge in [0.05, 0.1) is 23.1 Å². The molecule has 0 aliphatic carbocycles. The maximum atomic E-state index is 12.7. The van der Waals surface area contributed by atoms with E-state index in [1.807, 2.05) is 31.2 Å². The number of anilines is 1. The number of hydrogen-bond acceptors (Lipinski definition) is 3. The van der Waals surface area contributed by atoms with Gasteiger partial charge in [0.1, 0.15) is 5.76 Å². The third kappa shape index (κ3) is 2.15. The number of amides is 2. The molecule has 1 aliphatic heterocycles. The molecule has 2 amide bonds. The molecule has 0 bridgehead atoms. The van der Waals surface area contributed by atoms with Crippen LogP contribution in [0.1, 0.15) is 26.3 Å². The zero-order chi connectivity index (χ0) is 16.8. The molecule has 0 radical (unpaired) electrons. The fourth-order valence-electron chi connectivity index (χ4n) is 2.93. The molecule has 1 aliphatic rings. The molecule has 0 N–H and O–H groups in total. The predicted molar refractivity (Wildman–Crippen MR) is 91.5 cm³/mol. The summed E-state index contributed by atoms with van der Waals surface area (Å²) in [7, 11) is 0. The second kappa shape index (κ2) is 5.35. The van der Waals surface area contributed by atoms with E-state index in [-0.39, 0.29) is 11.8 Å². The standard InChI is InChI=1S/C19H12ClNO3/c1-11-9-12(17-3-2-8-24-17)4-7-16(11)21-18(22)14-6-5-13(20)10-15(14)19(21)23/h2-10H,1H3. The van der Waals surface area contributed by atoms with Crippen LogP contribution in [0.3, 0.4) is 0 Å². The van der Waals surface area contributed by atoms with Crippen LogP contribution in [-0.4, -0.2) is 11.8 Å². The summed E-state index contributed by atoms with van der Waals surface area (Å²) in [5.74, 6) is 0.0469. The van der Waals surface area contributed by atoms with Gasteiger partial charge in [-0.2, -0.15) is 0 Å². The van der Waals surface area contributed by atoms with Crippen molar-refractivity contribution in [2.24, 2.45) is 0 Å². The van der Waals surface area contributed by atoms with Crippen LogP contribution < -0.4 is 4.90 Å². The Morgan fingerprint density at radius 2 is 1.75 bits per heavy atom. The second-order valence-electron chi connectivity index (χ2n) is 5.61. The summed E-state index contributed by atoms with van der Waals surface area (Å²) >= 11 is 5.95. The number of carbonyl (C=O) groups excluding carboxylic acids is 2. The number of aryl methyl sites for hydroxylation is 1. The molecule has 4 rings (SSSR count). The SMILES string of the molecule is Cc1cc(-c2ccco2)ccc1N1C(=O)c2ccc(Cl)cc2C1=O. The van der Waals surface area contributed by atoms with Crippen LogP contribution in [-0.2, 0) is 0 Å². The number of hydrogen-bond donors (Lipinski definition) is 0. The number of benzene rings is 2. The first-order valence-electron chi connectivity index (χ1n) is 7.39. The highest BCUT2D eigenvalue weighted by Gasteiger charge is 2.37. The van der Waals surface area contributed by atoms with Crippen molar-refractivity contribution in [2.45, 2.75) is 6.92 Å². The quantitative estimate of drug-likeness (QED) is 0.636. The van der Waals surface area contributed by atoms with E-state index < -0.39 is 0 Å². The van der Waals surface area contributed by atoms with Crippen LogP contribution in [0, 0.1) is 6.92 Å². The number of fused-ring (bicyclic) bond motifs is 1. The minimum Gasteiger partial charge on any atom is -0.464 e. The van der Waals surface area contributed by atoms with Crippen LogP contribution in [0.15, 0.2) is 59.2 Å². The molecule has 24 heavy (non-hydrogen) atoms. The van der Waals surface area contributed by atoms with Gasteiger partial charge in [-0.25, -0.2) is 4.90 Å². The van der Waals surface area contributed by atoms with Gasteiger partial charge in [0.15, 0.2) is 0 Å². The Bertz CT molecular complexity index is 976. The van der Waals surface area contributed by atoms with E-state index in [9.17, 15) is 9.59 Å². The molecule has 1 aromatic heterocycles. The van der Waals surface area contributed by atoms with Gasteiger partial charge in [0, 0.05) is 10.6 Å². The van der Waals surface area contributed by atoms with Gasteiger partial charge in [0.2, 0.25) is 0 Å². The molecule has 0 unspecified atom stereocenters. The molecular formula is C19H12ClNO3. The highest BCUT2D eigenvalue weighted by molar-refractivity contribution is 6.36. The molecule has 3 aromatic rings. The van der Waals surface area contributed by atoms with Crippen LogP contribution in [0.4, 0.5) is 5.69 Å². The summed E-state index contributed by atoms with van der Waals surface area (Å²) < 4.78 is 5.38. The van der Waals surface area contributed by atoms with Gasteiger partial charge < -0.3 is 4.42 Å². The highest BCUT2D eigenvalue weighted by Crippen LogP contribution is 2.34. The van der Waals surface area contributed by atoms with Gasteiger partial charge in [-0.3, -0.25) is 9.59 Å². The number of imide groups is 1. The third-order valence-electron chi connectivity index (χ3n) is 4.09. The molecule has 5 heteroatoms. The maximum absolute atomic E-state index is 12.7. The van der Waals surface area contributed by atoms with E-state index in [0.717, 1.165) is 16.9 Å². The Kier molecular flexibility index (Phi) is 3.28. The monoisotopic (exact) mass is 337 g/mol. The number of rotatable bonds is 2. The van der Waals surface area contributed by atoms with Gasteiger partial charge in [-0.05, 0) is 61.0 Å². The molecule has 0 atom stereocenters. The van der Waals surface area contributed by atoms with Crippen LogP contribution in [0.2, 0.25) is 5.02 Å². The molecule has 2 heterocycles. The number of carbonyl (C=O) groups is 2. The lowest BCUT2D eigenvalue weighted by molar-refractivity contribution is 0.0926. The Morgan fingerprint density at radius 1 is 0.958 bits per heavy atom. The van der Waals surface area contributed by atoms with Crippen molar-refractivity contribution < 1.29 is 14.0 Å². The van der Waals surface area contributed by atoms with Crippen LogP contribution in [0.5, 0.6) is 0 Å². The molecule has 4 nitrogen and oxygen atoms in total. The molecule has 0 saturated heterocycles. The highest BCUT2D eigenvalue weighted by atomic mass is 35.5. The van der Waals surface area contributed by atoms with Crippen LogP contribution in [0.25, 0.3) is 11.3 Å². The lowest BCUT2D eigenvalue weighted by Gasteiger charge is -2.17. The smallest absolute Gasteiger partial charge is 0.266 e. The van der Waals surface area contributed by atoms with Crippen molar-refractivity contribution in [1.82, 2.24) is 0 Å².